The summed E-state index contributed by atoms with van der Waals surface area (Å²) in [4.78, 5) is 12.0. The third-order valence-electron chi connectivity index (χ3n) is 4.16. The Bertz CT molecular complexity index is 1090. The van der Waals surface area contributed by atoms with Crippen LogP contribution in [0.2, 0.25) is 0 Å². The fourth-order valence-corrected chi connectivity index (χ4v) is 2.96. The number of ether oxygens (including phenoxy) is 2. The average molecular weight is 431 g/mol. The second-order valence-electron chi connectivity index (χ2n) is 6.13. The molecule has 0 bridgehead atoms. The number of nitrogens with zero attached hydrogens (tertiary/aromatic N) is 1. The van der Waals surface area contributed by atoms with Crippen molar-refractivity contribution in [3.05, 3.63) is 59.8 Å². The van der Waals surface area contributed by atoms with Gasteiger partial charge in [0.1, 0.15) is 11.6 Å². The van der Waals surface area contributed by atoms with Gasteiger partial charge in [0.15, 0.2) is 11.5 Å². The number of benzene rings is 2. The molecule has 9 nitrogen and oxygen atoms in total. The maximum Gasteiger partial charge on any atom is 0.294 e. The Morgan fingerprint density at radius 2 is 1.77 bits per heavy atom. The standard InChI is InChI=1S/C20H21N3O6S/c1-13(14-4-9-18(28-2)19(10-14)29-3)22-12-15(11-21)20(24)23-16-5-7-17(8-6-16)30(25,26)27/h4-10,12-13,22H,1-3H3,(H,23,24)(H,25,26,27)/b15-12-. The van der Waals surface area contributed by atoms with Crippen molar-refractivity contribution in [3.8, 4) is 17.6 Å². The zero-order chi connectivity index (χ0) is 22.3. The summed E-state index contributed by atoms with van der Waals surface area (Å²) in [5.74, 6) is 0.462. The summed E-state index contributed by atoms with van der Waals surface area (Å²) in [7, 11) is -1.26. The van der Waals surface area contributed by atoms with Crippen molar-refractivity contribution in [2.45, 2.75) is 17.9 Å². The summed E-state index contributed by atoms with van der Waals surface area (Å²) >= 11 is 0. The van der Waals surface area contributed by atoms with Crippen molar-refractivity contribution in [3.63, 3.8) is 0 Å². The Kier molecular flexibility index (Phi) is 7.41. The molecule has 2 aromatic carbocycles. The van der Waals surface area contributed by atoms with E-state index in [-0.39, 0.29) is 22.2 Å². The largest absolute Gasteiger partial charge is 0.493 e. The van der Waals surface area contributed by atoms with Gasteiger partial charge in [-0.3, -0.25) is 9.35 Å². The maximum absolute atomic E-state index is 12.3. The lowest BCUT2D eigenvalue weighted by Crippen LogP contribution is -2.18. The summed E-state index contributed by atoms with van der Waals surface area (Å²) in [5, 5.41) is 14.8. The topological polar surface area (TPSA) is 138 Å². The quantitative estimate of drug-likeness (QED) is 0.329. The smallest absolute Gasteiger partial charge is 0.294 e. The molecule has 0 aliphatic heterocycles. The van der Waals surface area contributed by atoms with E-state index in [0.29, 0.717) is 11.5 Å². The minimum Gasteiger partial charge on any atom is -0.493 e. The van der Waals surface area contributed by atoms with E-state index in [1.54, 1.807) is 12.1 Å². The Labute approximate surface area is 174 Å². The summed E-state index contributed by atoms with van der Waals surface area (Å²) in [5.41, 5.74) is 0.935. The van der Waals surface area contributed by atoms with Gasteiger partial charge in [-0.1, -0.05) is 6.07 Å². The highest BCUT2D eigenvalue weighted by atomic mass is 32.2. The zero-order valence-electron chi connectivity index (χ0n) is 16.5. The van der Waals surface area contributed by atoms with Crippen LogP contribution in [0.25, 0.3) is 0 Å². The molecule has 1 atom stereocenters. The molecule has 0 heterocycles. The SMILES string of the molecule is COc1ccc(C(C)N/C=C(/C#N)C(=O)Nc2ccc(S(=O)(=O)O)cc2)cc1OC. The monoisotopic (exact) mass is 431 g/mol. The molecule has 0 saturated carbocycles. The number of carbonyl (C=O) groups excluding carboxylic acids is 1. The van der Waals surface area contributed by atoms with Crippen LogP contribution >= 0.6 is 0 Å². The van der Waals surface area contributed by atoms with Crippen LogP contribution in [0.15, 0.2) is 59.1 Å². The van der Waals surface area contributed by atoms with Gasteiger partial charge in [0.2, 0.25) is 0 Å². The van der Waals surface area contributed by atoms with E-state index in [9.17, 15) is 18.5 Å². The van der Waals surface area contributed by atoms with Crippen LogP contribution in [-0.2, 0) is 14.9 Å². The van der Waals surface area contributed by atoms with Crippen molar-refractivity contribution in [2.24, 2.45) is 0 Å². The maximum atomic E-state index is 12.3. The molecule has 0 saturated heterocycles. The fraction of sp³-hybridized carbons (Fsp3) is 0.200. The van der Waals surface area contributed by atoms with Gasteiger partial charge in [-0.25, -0.2) is 0 Å². The second-order valence-corrected chi connectivity index (χ2v) is 7.55. The highest BCUT2D eigenvalue weighted by molar-refractivity contribution is 7.85. The van der Waals surface area contributed by atoms with Crippen LogP contribution in [-0.4, -0.2) is 33.1 Å². The lowest BCUT2D eigenvalue weighted by atomic mass is 10.1. The van der Waals surface area contributed by atoms with Crippen molar-refractivity contribution in [1.29, 1.82) is 5.26 Å². The molecule has 0 aliphatic rings. The van der Waals surface area contributed by atoms with Crippen LogP contribution < -0.4 is 20.1 Å². The molecular formula is C20H21N3O6S. The molecule has 1 amide bonds. The third-order valence-corrected chi connectivity index (χ3v) is 5.03. The minimum atomic E-state index is -4.33. The van der Waals surface area contributed by atoms with E-state index >= 15 is 0 Å². The molecule has 0 fully saturated rings. The fourth-order valence-electron chi connectivity index (χ4n) is 2.48. The van der Waals surface area contributed by atoms with Gasteiger partial charge < -0.3 is 20.1 Å². The van der Waals surface area contributed by atoms with E-state index in [1.165, 1.54) is 32.6 Å². The number of nitrogens with one attached hydrogen (secondary N) is 2. The van der Waals surface area contributed by atoms with Gasteiger partial charge in [0.05, 0.1) is 19.1 Å². The predicted octanol–water partition coefficient (Wildman–Crippen LogP) is 2.65. The van der Waals surface area contributed by atoms with Gasteiger partial charge in [-0.2, -0.15) is 13.7 Å². The third kappa shape index (κ3) is 5.73. The Morgan fingerprint density at radius 1 is 1.13 bits per heavy atom. The van der Waals surface area contributed by atoms with Crippen molar-refractivity contribution in [2.75, 3.05) is 19.5 Å². The van der Waals surface area contributed by atoms with Crippen LogP contribution in [0, 0.1) is 11.3 Å². The van der Waals surface area contributed by atoms with Crippen LogP contribution in [0.3, 0.4) is 0 Å². The van der Waals surface area contributed by atoms with Gasteiger partial charge >= 0.3 is 0 Å². The number of nitriles is 1. The normalized spacial score (nSPS) is 12.4. The van der Waals surface area contributed by atoms with E-state index in [1.807, 2.05) is 19.1 Å². The molecule has 0 aromatic heterocycles. The van der Waals surface area contributed by atoms with Crippen molar-refractivity contribution in [1.82, 2.24) is 5.32 Å². The van der Waals surface area contributed by atoms with E-state index < -0.39 is 16.0 Å². The number of methoxy groups -OCH3 is 2. The zero-order valence-corrected chi connectivity index (χ0v) is 17.4. The molecule has 3 N–H and O–H groups in total. The lowest BCUT2D eigenvalue weighted by molar-refractivity contribution is -0.112. The number of amides is 1. The Balaban J connectivity index is 2.09. The first kappa shape index (κ1) is 22.7. The highest BCUT2D eigenvalue weighted by Crippen LogP contribution is 2.29. The first-order chi connectivity index (χ1) is 14.2. The van der Waals surface area contributed by atoms with E-state index in [0.717, 1.165) is 17.7 Å². The first-order valence-corrected chi connectivity index (χ1v) is 10.1. The lowest BCUT2D eigenvalue weighted by Gasteiger charge is -2.15. The number of anilines is 1. The van der Waals surface area contributed by atoms with Crippen LogP contribution in [0.5, 0.6) is 11.5 Å². The number of carbonyl (C=O) groups is 1. The summed E-state index contributed by atoms with van der Waals surface area (Å²) in [6, 6.07) is 11.8. The van der Waals surface area contributed by atoms with Crippen LogP contribution in [0.4, 0.5) is 5.69 Å². The number of hydrogen-bond donors (Lipinski definition) is 3. The molecule has 0 spiro atoms. The van der Waals surface area contributed by atoms with Gasteiger partial charge in [0, 0.05) is 17.9 Å². The number of hydrogen-bond acceptors (Lipinski definition) is 7. The molecule has 30 heavy (non-hydrogen) atoms. The van der Waals surface area contributed by atoms with Crippen LogP contribution in [0.1, 0.15) is 18.5 Å². The summed E-state index contributed by atoms with van der Waals surface area (Å²) in [6.45, 7) is 1.85. The molecule has 1 unspecified atom stereocenters. The van der Waals surface area contributed by atoms with Gasteiger partial charge in [-0.15, -0.1) is 0 Å². The molecular weight excluding hydrogens is 410 g/mol. The highest BCUT2D eigenvalue weighted by Gasteiger charge is 2.14. The Morgan fingerprint density at radius 3 is 2.30 bits per heavy atom. The average Bonchev–Trinajstić information content (AvgIpc) is 2.73. The molecule has 0 radical (unpaired) electrons. The molecule has 158 valence electrons. The number of rotatable bonds is 8. The van der Waals surface area contributed by atoms with Crippen molar-refractivity contribution >= 4 is 21.7 Å². The molecule has 0 aliphatic carbocycles. The molecule has 10 heteroatoms. The second kappa shape index (κ2) is 9.78. The van der Waals surface area contributed by atoms with E-state index in [2.05, 4.69) is 10.6 Å². The first-order valence-electron chi connectivity index (χ1n) is 8.66. The van der Waals surface area contributed by atoms with Crippen molar-refractivity contribution < 1.29 is 27.2 Å². The van der Waals surface area contributed by atoms with Gasteiger partial charge in [0.25, 0.3) is 16.0 Å². The molecule has 2 rings (SSSR count). The van der Waals surface area contributed by atoms with Gasteiger partial charge in [-0.05, 0) is 48.9 Å². The van der Waals surface area contributed by atoms with E-state index in [4.69, 9.17) is 14.0 Å². The summed E-state index contributed by atoms with van der Waals surface area (Å²) in [6.07, 6.45) is 1.29. The molecule has 2 aromatic rings. The summed E-state index contributed by atoms with van der Waals surface area (Å²) < 4.78 is 41.6. The predicted molar refractivity (Wildman–Crippen MR) is 110 cm³/mol. The Hall–Kier alpha value is -3.55. The minimum absolute atomic E-state index is 0.179.